The Labute approximate surface area is 114 Å². The van der Waals surface area contributed by atoms with Crippen molar-refractivity contribution in [3.8, 4) is 5.75 Å². The van der Waals surface area contributed by atoms with Gasteiger partial charge in [0, 0.05) is 23.0 Å². The molecule has 0 bridgehead atoms. The summed E-state index contributed by atoms with van der Waals surface area (Å²) in [7, 11) is 1.73. The van der Waals surface area contributed by atoms with Crippen LogP contribution in [0, 0.1) is 13.1 Å². The predicted octanol–water partition coefficient (Wildman–Crippen LogP) is 2.92. The molecule has 19 heavy (non-hydrogen) atoms. The molecule has 101 valence electrons. The minimum atomic E-state index is 0.961. The number of methoxy groups -OCH3 is 1. The van der Waals surface area contributed by atoms with E-state index in [1.54, 1.807) is 7.11 Å². The third-order valence-electron chi connectivity index (χ3n) is 4.16. The van der Waals surface area contributed by atoms with Crippen LogP contribution in [0.25, 0.3) is 10.9 Å². The van der Waals surface area contributed by atoms with Gasteiger partial charge in [0.15, 0.2) is 0 Å². The van der Waals surface area contributed by atoms with Crippen molar-refractivity contribution < 1.29 is 4.74 Å². The molecule has 3 heteroatoms. The van der Waals surface area contributed by atoms with Gasteiger partial charge in [0.1, 0.15) is 5.75 Å². The lowest BCUT2D eigenvalue weighted by atomic mass is 10.0. The van der Waals surface area contributed by atoms with Crippen molar-refractivity contribution in [2.75, 3.05) is 26.7 Å². The zero-order valence-corrected chi connectivity index (χ0v) is 11.8. The van der Waals surface area contributed by atoms with Crippen LogP contribution in [0.5, 0.6) is 5.75 Å². The maximum absolute atomic E-state index is 5.42. The summed E-state index contributed by atoms with van der Waals surface area (Å²) in [6, 6.07) is 4.10. The maximum Gasteiger partial charge on any atom is 0.122 e. The van der Waals surface area contributed by atoms with E-state index in [1.807, 2.05) is 6.07 Å². The van der Waals surface area contributed by atoms with Crippen molar-refractivity contribution in [2.45, 2.75) is 26.2 Å². The summed E-state index contributed by atoms with van der Waals surface area (Å²) in [4.78, 5) is 5.80. The van der Waals surface area contributed by atoms with Gasteiger partial charge in [-0.05, 0) is 57.0 Å². The van der Waals surface area contributed by atoms with Crippen molar-refractivity contribution in [1.82, 2.24) is 9.88 Å². The number of aromatic amines is 1. The molecule has 1 fully saturated rings. The van der Waals surface area contributed by atoms with Crippen molar-refractivity contribution in [3.63, 3.8) is 0 Å². The summed E-state index contributed by atoms with van der Waals surface area (Å²) < 4.78 is 5.42. The number of nitrogens with one attached hydrogen (secondary N) is 1. The fourth-order valence-corrected chi connectivity index (χ4v) is 3.08. The summed E-state index contributed by atoms with van der Waals surface area (Å²) in [5.74, 6) is 0.961. The third kappa shape index (κ3) is 2.35. The number of hydrogen-bond donors (Lipinski definition) is 1. The average molecular weight is 257 g/mol. The summed E-state index contributed by atoms with van der Waals surface area (Å²) >= 11 is 0. The minimum Gasteiger partial charge on any atom is -0.496 e. The van der Waals surface area contributed by atoms with E-state index in [0.29, 0.717) is 0 Å². The summed E-state index contributed by atoms with van der Waals surface area (Å²) in [5, 5.41) is 1.29. The molecule has 1 radical (unpaired) electrons. The second kappa shape index (κ2) is 5.25. The molecule has 3 rings (SSSR count). The van der Waals surface area contributed by atoms with E-state index in [9.17, 15) is 0 Å². The van der Waals surface area contributed by atoms with Gasteiger partial charge in [-0.2, -0.15) is 0 Å². The Morgan fingerprint density at radius 3 is 2.84 bits per heavy atom. The first-order chi connectivity index (χ1) is 9.29. The highest BCUT2D eigenvalue weighted by atomic mass is 16.5. The highest BCUT2D eigenvalue weighted by Crippen LogP contribution is 2.29. The number of H-pyrrole nitrogens is 1. The molecule has 0 spiro atoms. The molecule has 0 amide bonds. The summed E-state index contributed by atoms with van der Waals surface area (Å²) in [5.41, 5.74) is 3.67. The Kier molecular flexibility index (Phi) is 3.47. The number of aryl methyl sites for hydroxylation is 1. The number of nitrogens with zero attached hydrogens (tertiary/aromatic N) is 1. The average Bonchev–Trinajstić information content (AvgIpc) is 3.06. The van der Waals surface area contributed by atoms with Gasteiger partial charge >= 0.3 is 0 Å². The Balaban J connectivity index is 1.86. The third-order valence-corrected chi connectivity index (χ3v) is 4.16. The monoisotopic (exact) mass is 257 g/mol. The van der Waals surface area contributed by atoms with Crippen molar-refractivity contribution >= 4 is 10.9 Å². The summed E-state index contributed by atoms with van der Waals surface area (Å²) in [6.45, 7) is 5.78. The predicted molar refractivity (Wildman–Crippen MR) is 77.8 cm³/mol. The van der Waals surface area contributed by atoms with E-state index in [1.165, 1.54) is 42.4 Å². The lowest BCUT2D eigenvalue weighted by molar-refractivity contribution is 0.344. The van der Waals surface area contributed by atoms with Gasteiger partial charge in [0.25, 0.3) is 0 Å². The maximum atomic E-state index is 5.42. The number of ether oxygens (including phenoxy) is 1. The van der Waals surface area contributed by atoms with Crippen LogP contribution in [-0.2, 0) is 6.42 Å². The van der Waals surface area contributed by atoms with E-state index in [4.69, 9.17) is 4.74 Å². The van der Waals surface area contributed by atoms with Crippen LogP contribution in [0.1, 0.15) is 24.0 Å². The molecule has 2 heterocycles. The first-order valence-corrected chi connectivity index (χ1v) is 7.08. The lowest BCUT2D eigenvalue weighted by Crippen LogP contribution is -2.21. The van der Waals surface area contributed by atoms with E-state index < -0.39 is 0 Å². The van der Waals surface area contributed by atoms with Gasteiger partial charge in [0.05, 0.1) is 13.3 Å². The van der Waals surface area contributed by atoms with Gasteiger partial charge in [0.2, 0.25) is 0 Å². The van der Waals surface area contributed by atoms with Gasteiger partial charge in [-0.25, -0.2) is 0 Å². The van der Waals surface area contributed by atoms with E-state index >= 15 is 0 Å². The molecule has 1 aromatic carbocycles. The normalized spacial score (nSPS) is 16.3. The molecule has 0 atom stereocenters. The van der Waals surface area contributed by atoms with Gasteiger partial charge < -0.3 is 14.6 Å². The van der Waals surface area contributed by atoms with Crippen LogP contribution < -0.4 is 4.74 Å². The topological polar surface area (TPSA) is 28.3 Å². The second-order valence-electron chi connectivity index (χ2n) is 5.34. The number of benzene rings is 1. The first-order valence-electron chi connectivity index (χ1n) is 7.08. The Hall–Kier alpha value is -1.48. The van der Waals surface area contributed by atoms with Crippen LogP contribution in [0.3, 0.4) is 0 Å². The van der Waals surface area contributed by atoms with Gasteiger partial charge in [-0.1, -0.05) is 0 Å². The van der Waals surface area contributed by atoms with Gasteiger partial charge in [-0.15, -0.1) is 0 Å². The molecule has 1 aromatic heterocycles. The largest absolute Gasteiger partial charge is 0.496 e. The fraction of sp³-hybridized carbons (Fsp3) is 0.500. The molecule has 0 saturated carbocycles. The van der Waals surface area contributed by atoms with Crippen LogP contribution >= 0.6 is 0 Å². The Morgan fingerprint density at radius 2 is 2.11 bits per heavy atom. The SMILES string of the molecule is COc1ccc2[nH][c]c(CCN3CCCC3)c2c1C. The number of aromatic nitrogens is 1. The van der Waals surface area contributed by atoms with Crippen LogP contribution in [0.2, 0.25) is 0 Å². The number of fused-ring (bicyclic) bond motifs is 1. The Morgan fingerprint density at radius 1 is 1.32 bits per heavy atom. The van der Waals surface area contributed by atoms with Crippen LogP contribution in [0.15, 0.2) is 12.1 Å². The first kappa shape index (κ1) is 12.5. The molecule has 1 N–H and O–H groups in total. The highest BCUT2D eigenvalue weighted by Gasteiger charge is 2.14. The molecule has 1 saturated heterocycles. The summed E-state index contributed by atoms with van der Waals surface area (Å²) in [6.07, 6.45) is 7.09. The molecule has 0 unspecified atom stereocenters. The standard InChI is InChI=1S/C16H21N2O/c1-12-15(19-2)6-5-14-16(12)13(11-17-14)7-10-18-8-3-4-9-18/h5-6,17H,3-4,7-10H2,1-2H3. The minimum absolute atomic E-state index is 0.961. The quantitative estimate of drug-likeness (QED) is 0.912. The molecule has 3 nitrogen and oxygen atoms in total. The lowest BCUT2D eigenvalue weighted by Gasteiger charge is -2.14. The fourth-order valence-electron chi connectivity index (χ4n) is 3.08. The molecule has 0 aliphatic carbocycles. The smallest absolute Gasteiger partial charge is 0.122 e. The zero-order valence-electron chi connectivity index (χ0n) is 11.8. The highest BCUT2D eigenvalue weighted by molar-refractivity contribution is 5.88. The molecule has 1 aliphatic heterocycles. The Bertz CT molecular complexity index is 567. The van der Waals surface area contributed by atoms with Crippen LogP contribution in [0.4, 0.5) is 0 Å². The second-order valence-corrected chi connectivity index (χ2v) is 5.34. The number of likely N-dealkylation sites (tertiary alicyclic amines) is 1. The molecule has 2 aromatic rings. The van der Waals surface area contributed by atoms with Crippen molar-refractivity contribution in [3.05, 3.63) is 29.5 Å². The number of rotatable bonds is 4. The molecule has 1 aliphatic rings. The van der Waals surface area contributed by atoms with E-state index in [-0.39, 0.29) is 0 Å². The van der Waals surface area contributed by atoms with Crippen molar-refractivity contribution in [2.24, 2.45) is 0 Å². The molecular weight excluding hydrogens is 236 g/mol. The number of hydrogen-bond acceptors (Lipinski definition) is 2. The van der Waals surface area contributed by atoms with Gasteiger partial charge in [-0.3, -0.25) is 0 Å². The van der Waals surface area contributed by atoms with Crippen molar-refractivity contribution in [1.29, 1.82) is 0 Å². The van der Waals surface area contributed by atoms with E-state index in [2.05, 4.69) is 29.1 Å². The van der Waals surface area contributed by atoms with Crippen LogP contribution in [-0.4, -0.2) is 36.6 Å². The molecular formula is C16H21N2O. The zero-order chi connectivity index (χ0) is 13.2. The van der Waals surface area contributed by atoms with E-state index in [0.717, 1.165) is 24.2 Å².